The van der Waals surface area contributed by atoms with E-state index in [1.54, 1.807) is 4.68 Å². The lowest BCUT2D eigenvalue weighted by Gasteiger charge is -2.32. The number of aryl methyl sites for hydroxylation is 2. The molecule has 1 unspecified atom stereocenters. The predicted octanol–water partition coefficient (Wildman–Crippen LogP) is 4.26. The van der Waals surface area contributed by atoms with Crippen LogP contribution < -0.4 is 10.2 Å². The Hall–Kier alpha value is -4.79. The lowest BCUT2D eigenvalue weighted by molar-refractivity contribution is -0.114. The van der Waals surface area contributed by atoms with Crippen LogP contribution in [0.25, 0.3) is 16.7 Å². The average Bonchev–Trinajstić information content (AvgIpc) is 3.52. The fourth-order valence-corrected chi connectivity index (χ4v) is 4.42. The van der Waals surface area contributed by atoms with Crippen LogP contribution in [0.15, 0.2) is 78.9 Å². The molecule has 1 aliphatic rings. The number of rotatable bonds is 5. The van der Waals surface area contributed by atoms with Gasteiger partial charge in [-0.05, 0) is 53.6 Å². The van der Waals surface area contributed by atoms with E-state index in [1.165, 1.54) is 5.56 Å². The summed E-state index contributed by atoms with van der Waals surface area (Å²) >= 11 is 0. The number of benzene rings is 3. The summed E-state index contributed by atoms with van der Waals surface area (Å²) in [4.78, 5) is 22.6. The number of para-hydroxylation sites is 2. The number of nitrogens with zero attached hydrogens (tertiary/aromatic N) is 6. The Morgan fingerprint density at radius 2 is 1.69 bits per heavy atom. The van der Waals surface area contributed by atoms with Crippen LogP contribution in [0.3, 0.4) is 0 Å². The molecular weight excluding hydrogens is 452 g/mol. The van der Waals surface area contributed by atoms with E-state index in [1.807, 2.05) is 36.1 Å². The highest BCUT2D eigenvalue weighted by atomic mass is 16.2. The maximum absolute atomic E-state index is 13.2. The lowest BCUT2D eigenvalue weighted by Crippen LogP contribution is -2.37. The molecule has 3 heterocycles. The van der Waals surface area contributed by atoms with E-state index in [2.05, 4.69) is 92.3 Å². The normalized spacial score (nSPS) is 15.0. The molecule has 0 aliphatic carbocycles. The Labute approximate surface area is 207 Å². The first-order valence-electron chi connectivity index (χ1n) is 11.7. The Morgan fingerprint density at radius 3 is 2.44 bits per heavy atom. The van der Waals surface area contributed by atoms with Crippen molar-refractivity contribution < 1.29 is 4.79 Å². The van der Waals surface area contributed by atoms with Gasteiger partial charge in [-0.3, -0.25) is 15.0 Å². The molecule has 6 rings (SSSR count). The maximum atomic E-state index is 13.2. The molecule has 2 aromatic heterocycles. The summed E-state index contributed by atoms with van der Waals surface area (Å²) in [7, 11) is 0. The van der Waals surface area contributed by atoms with E-state index in [4.69, 9.17) is 0 Å². The highest BCUT2D eigenvalue weighted by Crippen LogP contribution is 2.36. The third-order valence-corrected chi connectivity index (χ3v) is 6.30. The number of amides is 1. The maximum Gasteiger partial charge on any atom is 0.251 e. The van der Waals surface area contributed by atoms with Crippen molar-refractivity contribution in [3.63, 3.8) is 0 Å². The highest BCUT2D eigenvalue weighted by Gasteiger charge is 2.32. The Bertz CT molecular complexity index is 1550. The fourth-order valence-electron chi connectivity index (χ4n) is 4.42. The van der Waals surface area contributed by atoms with Gasteiger partial charge in [0.2, 0.25) is 11.9 Å². The summed E-state index contributed by atoms with van der Waals surface area (Å²) in [5, 5.41) is 15.4. The molecule has 1 atom stereocenters. The van der Waals surface area contributed by atoms with Crippen molar-refractivity contribution >= 4 is 34.5 Å². The number of nitrogens with one attached hydrogen (secondary N) is 2. The molecule has 0 bridgehead atoms. The minimum Gasteiger partial charge on any atom is -0.324 e. The van der Waals surface area contributed by atoms with E-state index in [-0.39, 0.29) is 18.5 Å². The van der Waals surface area contributed by atoms with Gasteiger partial charge in [-0.1, -0.05) is 76.9 Å². The van der Waals surface area contributed by atoms with Gasteiger partial charge in [0.05, 0.1) is 16.7 Å². The van der Waals surface area contributed by atoms with Crippen LogP contribution in [0.2, 0.25) is 0 Å². The Kier molecular flexibility index (Phi) is 5.29. The van der Waals surface area contributed by atoms with Gasteiger partial charge in [-0.2, -0.15) is 4.68 Å². The molecule has 9 nitrogen and oxygen atoms in total. The molecule has 0 fully saturated rings. The van der Waals surface area contributed by atoms with Crippen molar-refractivity contribution in [1.29, 1.82) is 0 Å². The molecular formula is C27H24N8O. The lowest BCUT2D eigenvalue weighted by atomic mass is 9.99. The average molecular weight is 477 g/mol. The summed E-state index contributed by atoms with van der Waals surface area (Å²) in [5.41, 5.74) is 6.88. The van der Waals surface area contributed by atoms with E-state index in [0.717, 1.165) is 33.4 Å². The quantitative estimate of drug-likeness (QED) is 0.393. The fraction of sp³-hybridized carbons (Fsp3) is 0.148. The second-order valence-electron chi connectivity index (χ2n) is 8.93. The number of carbonyl (C=O) groups excluding carboxylic acids is 1. The number of imidazole rings is 1. The van der Waals surface area contributed by atoms with Gasteiger partial charge in [0, 0.05) is 0 Å². The minimum atomic E-state index is -0.240. The predicted molar refractivity (Wildman–Crippen MR) is 138 cm³/mol. The first kappa shape index (κ1) is 21.7. The van der Waals surface area contributed by atoms with Crippen LogP contribution in [0.1, 0.15) is 28.3 Å². The van der Waals surface area contributed by atoms with Gasteiger partial charge in [-0.25, -0.2) is 4.98 Å². The van der Waals surface area contributed by atoms with Crippen LogP contribution in [0, 0.1) is 13.8 Å². The molecule has 9 heteroatoms. The number of anilines is 2. The van der Waals surface area contributed by atoms with Crippen molar-refractivity contribution in [2.24, 2.45) is 0 Å². The molecule has 3 aromatic carbocycles. The standard InChI is InChI=1S/C27H24N8O/c1-17-7-11-19(12-8-17)23-15-24(20-13-9-18(2)10-14-20)35-27(31-32-33-35)34(23)16-25(36)30-26-28-21-5-3-4-6-22(21)29-26/h3-15,24H,16H2,1-2H3,(H2,28,29,30,36). The van der Waals surface area contributed by atoms with Crippen molar-refractivity contribution in [2.75, 3.05) is 16.8 Å². The molecule has 0 spiro atoms. The van der Waals surface area contributed by atoms with E-state index in [0.29, 0.717) is 11.9 Å². The van der Waals surface area contributed by atoms with E-state index >= 15 is 0 Å². The number of aromatic nitrogens is 6. The molecule has 0 saturated carbocycles. The summed E-state index contributed by atoms with van der Waals surface area (Å²) in [6, 6.07) is 24.0. The van der Waals surface area contributed by atoms with Gasteiger partial charge in [-0.15, -0.1) is 0 Å². The van der Waals surface area contributed by atoms with Gasteiger partial charge in [0.15, 0.2) is 0 Å². The Balaban J connectivity index is 1.37. The first-order valence-corrected chi connectivity index (χ1v) is 11.7. The van der Waals surface area contributed by atoms with Crippen LogP contribution in [-0.2, 0) is 4.79 Å². The second-order valence-corrected chi connectivity index (χ2v) is 8.93. The number of aromatic amines is 1. The van der Waals surface area contributed by atoms with Crippen LogP contribution in [0.4, 0.5) is 11.9 Å². The SMILES string of the molecule is Cc1ccc(C2=CC(c3ccc(C)cc3)n3nnnc3N2CC(=O)Nc2nc3ccccc3[nH]2)cc1. The van der Waals surface area contributed by atoms with Crippen LogP contribution >= 0.6 is 0 Å². The van der Waals surface area contributed by atoms with Crippen molar-refractivity contribution in [2.45, 2.75) is 19.9 Å². The highest BCUT2D eigenvalue weighted by molar-refractivity contribution is 5.97. The summed E-state index contributed by atoms with van der Waals surface area (Å²) in [6.07, 6.45) is 2.10. The van der Waals surface area contributed by atoms with E-state index < -0.39 is 0 Å². The van der Waals surface area contributed by atoms with Gasteiger partial charge in [0.1, 0.15) is 12.6 Å². The topological polar surface area (TPSA) is 105 Å². The van der Waals surface area contributed by atoms with Gasteiger partial charge in [0.25, 0.3) is 5.95 Å². The number of tetrazole rings is 1. The number of allylic oxidation sites excluding steroid dienone is 1. The summed E-state index contributed by atoms with van der Waals surface area (Å²) in [5.74, 6) is 0.657. The number of carbonyl (C=O) groups is 1. The monoisotopic (exact) mass is 476 g/mol. The summed E-state index contributed by atoms with van der Waals surface area (Å²) in [6.45, 7) is 4.12. The van der Waals surface area contributed by atoms with E-state index in [9.17, 15) is 4.79 Å². The molecule has 1 amide bonds. The number of hydrogen-bond acceptors (Lipinski definition) is 6. The zero-order chi connectivity index (χ0) is 24.6. The van der Waals surface area contributed by atoms with Gasteiger partial charge >= 0.3 is 0 Å². The van der Waals surface area contributed by atoms with Crippen molar-refractivity contribution in [1.82, 2.24) is 30.2 Å². The van der Waals surface area contributed by atoms with Crippen molar-refractivity contribution in [3.8, 4) is 0 Å². The molecule has 1 aliphatic heterocycles. The molecule has 0 radical (unpaired) electrons. The summed E-state index contributed by atoms with van der Waals surface area (Å²) < 4.78 is 1.75. The molecule has 36 heavy (non-hydrogen) atoms. The molecule has 5 aromatic rings. The third kappa shape index (κ3) is 4.00. The Morgan fingerprint density at radius 1 is 0.972 bits per heavy atom. The van der Waals surface area contributed by atoms with Crippen LogP contribution in [0.5, 0.6) is 0 Å². The number of H-pyrrole nitrogens is 1. The zero-order valence-electron chi connectivity index (χ0n) is 19.9. The molecule has 178 valence electrons. The van der Waals surface area contributed by atoms with Crippen molar-refractivity contribution in [3.05, 3.63) is 101 Å². The molecule has 2 N–H and O–H groups in total. The second kappa shape index (κ2) is 8.77. The minimum absolute atomic E-state index is 0.0117. The third-order valence-electron chi connectivity index (χ3n) is 6.30. The first-order chi connectivity index (χ1) is 17.5. The molecule has 0 saturated heterocycles. The van der Waals surface area contributed by atoms with Gasteiger partial charge < -0.3 is 4.98 Å². The zero-order valence-corrected chi connectivity index (χ0v) is 19.9. The smallest absolute Gasteiger partial charge is 0.251 e. The largest absolute Gasteiger partial charge is 0.324 e. The van der Waals surface area contributed by atoms with Crippen LogP contribution in [-0.4, -0.2) is 42.6 Å². The number of fused-ring (bicyclic) bond motifs is 2. The number of hydrogen-bond donors (Lipinski definition) is 2.